The molecule has 0 atom stereocenters. The molecule has 10 heteroatoms. The van der Waals surface area contributed by atoms with Crippen molar-refractivity contribution in [1.82, 2.24) is 0 Å². The summed E-state index contributed by atoms with van der Waals surface area (Å²) in [5.41, 5.74) is 0.404. The summed E-state index contributed by atoms with van der Waals surface area (Å²) in [5, 5.41) is 0. The number of hydrogen-bond acceptors (Lipinski definition) is 5. The van der Waals surface area contributed by atoms with E-state index in [2.05, 4.69) is 9.44 Å². The van der Waals surface area contributed by atoms with E-state index < -0.39 is 25.9 Å². The maximum Gasteiger partial charge on any atom is 0.261 e. The van der Waals surface area contributed by atoms with Gasteiger partial charge in [0, 0.05) is 11.4 Å². The molecule has 0 amide bonds. The molecule has 0 spiro atoms. The zero-order valence-corrected chi connectivity index (χ0v) is 17.5. The van der Waals surface area contributed by atoms with Gasteiger partial charge in [-0.15, -0.1) is 0 Å². The van der Waals surface area contributed by atoms with Crippen LogP contribution in [0.3, 0.4) is 0 Å². The molecule has 0 bridgehead atoms. The van der Waals surface area contributed by atoms with Gasteiger partial charge < -0.3 is 4.74 Å². The molecule has 0 aliphatic heterocycles. The van der Waals surface area contributed by atoms with Crippen molar-refractivity contribution in [2.24, 2.45) is 0 Å². The van der Waals surface area contributed by atoms with Gasteiger partial charge in [0.05, 0.1) is 16.4 Å². The van der Waals surface area contributed by atoms with Crippen molar-refractivity contribution in [3.05, 3.63) is 78.6 Å². The molecule has 3 aromatic rings. The van der Waals surface area contributed by atoms with Crippen LogP contribution >= 0.6 is 0 Å². The highest BCUT2D eigenvalue weighted by Crippen LogP contribution is 2.22. The summed E-state index contributed by atoms with van der Waals surface area (Å²) in [4.78, 5) is -0.0310. The lowest BCUT2D eigenvalue weighted by Crippen LogP contribution is -2.14. The van der Waals surface area contributed by atoms with E-state index in [9.17, 15) is 21.2 Å². The van der Waals surface area contributed by atoms with Crippen LogP contribution in [0, 0.1) is 5.82 Å². The van der Waals surface area contributed by atoms with Crippen molar-refractivity contribution >= 4 is 31.4 Å². The molecule has 2 N–H and O–H groups in total. The van der Waals surface area contributed by atoms with Crippen molar-refractivity contribution < 1.29 is 26.0 Å². The maximum atomic E-state index is 13.0. The molecule has 0 fully saturated rings. The molecule has 0 aliphatic carbocycles. The smallest absolute Gasteiger partial charge is 0.261 e. The molecule has 0 radical (unpaired) electrons. The van der Waals surface area contributed by atoms with E-state index >= 15 is 0 Å². The van der Waals surface area contributed by atoms with Crippen molar-refractivity contribution in [2.45, 2.75) is 16.7 Å². The Bertz CT molecular complexity index is 1210. The third-order valence-electron chi connectivity index (χ3n) is 3.96. The zero-order valence-electron chi connectivity index (χ0n) is 15.9. The first-order chi connectivity index (χ1) is 14.2. The van der Waals surface area contributed by atoms with Crippen LogP contribution in [0.25, 0.3) is 0 Å². The molecule has 7 nitrogen and oxygen atoms in total. The topological polar surface area (TPSA) is 102 Å². The summed E-state index contributed by atoms with van der Waals surface area (Å²) in [7, 11) is -7.76. The summed E-state index contributed by atoms with van der Waals surface area (Å²) < 4.78 is 72.9. The molecule has 3 aromatic carbocycles. The van der Waals surface area contributed by atoms with Crippen LogP contribution in [0.15, 0.2) is 82.6 Å². The minimum atomic E-state index is -3.91. The number of anilines is 2. The number of benzene rings is 3. The fourth-order valence-electron chi connectivity index (χ4n) is 2.53. The average Bonchev–Trinajstić information content (AvgIpc) is 2.70. The van der Waals surface area contributed by atoms with Gasteiger partial charge in [0.2, 0.25) is 0 Å². The summed E-state index contributed by atoms with van der Waals surface area (Å²) in [6, 6.07) is 16.0. The Hall–Kier alpha value is -3.11. The number of nitrogens with one attached hydrogen (secondary N) is 2. The number of halogens is 1. The van der Waals surface area contributed by atoms with Crippen LogP contribution in [0.4, 0.5) is 15.8 Å². The van der Waals surface area contributed by atoms with E-state index in [1.54, 1.807) is 12.1 Å². The van der Waals surface area contributed by atoms with Crippen molar-refractivity contribution in [3.8, 4) is 5.75 Å². The highest BCUT2D eigenvalue weighted by Gasteiger charge is 2.17. The van der Waals surface area contributed by atoms with E-state index in [0.29, 0.717) is 12.4 Å². The van der Waals surface area contributed by atoms with Gasteiger partial charge >= 0.3 is 0 Å². The summed E-state index contributed by atoms with van der Waals surface area (Å²) >= 11 is 0. The van der Waals surface area contributed by atoms with Crippen LogP contribution in [0.2, 0.25) is 0 Å². The van der Waals surface area contributed by atoms with Crippen LogP contribution < -0.4 is 14.2 Å². The lowest BCUT2D eigenvalue weighted by atomic mass is 10.3. The van der Waals surface area contributed by atoms with Crippen molar-refractivity contribution in [1.29, 1.82) is 0 Å². The van der Waals surface area contributed by atoms with Gasteiger partial charge in [-0.2, -0.15) is 0 Å². The second-order valence-electron chi connectivity index (χ2n) is 6.15. The molecule has 0 heterocycles. The second-order valence-corrected chi connectivity index (χ2v) is 9.51. The van der Waals surface area contributed by atoms with Gasteiger partial charge in [-0.05, 0) is 79.7 Å². The highest BCUT2D eigenvalue weighted by molar-refractivity contribution is 7.93. The van der Waals surface area contributed by atoms with E-state index in [4.69, 9.17) is 4.74 Å². The Morgan fingerprint density at radius 1 is 0.700 bits per heavy atom. The molecule has 0 aromatic heterocycles. The Morgan fingerprint density at radius 3 is 1.53 bits per heavy atom. The molecule has 0 unspecified atom stereocenters. The molecular formula is C20H19FN2O5S2. The average molecular weight is 451 g/mol. The van der Waals surface area contributed by atoms with Gasteiger partial charge in [-0.3, -0.25) is 9.44 Å². The van der Waals surface area contributed by atoms with Crippen LogP contribution in [-0.2, 0) is 20.0 Å². The Morgan fingerprint density at radius 2 is 1.10 bits per heavy atom. The monoisotopic (exact) mass is 450 g/mol. The largest absolute Gasteiger partial charge is 0.494 e. The second kappa shape index (κ2) is 8.72. The molecule has 0 saturated carbocycles. The first kappa shape index (κ1) is 21.6. The molecule has 0 saturated heterocycles. The fraction of sp³-hybridized carbons (Fsp3) is 0.100. The molecular weight excluding hydrogens is 431 g/mol. The van der Waals surface area contributed by atoms with Gasteiger partial charge in [-0.25, -0.2) is 21.2 Å². The fourth-order valence-corrected chi connectivity index (χ4v) is 4.65. The van der Waals surface area contributed by atoms with E-state index in [1.807, 2.05) is 6.92 Å². The van der Waals surface area contributed by atoms with Gasteiger partial charge in [0.25, 0.3) is 20.0 Å². The first-order valence-corrected chi connectivity index (χ1v) is 11.8. The molecule has 0 aliphatic rings. The minimum Gasteiger partial charge on any atom is -0.494 e. The third-order valence-corrected chi connectivity index (χ3v) is 6.75. The molecule has 3 rings (SSSR count). The van der Waals surface area contributed by atoms with E-state index in [0.717, 1.165) is 12.1 Å². The molecule has 30 heavy (non-hydrogen) atoms. The normalized spacial score (nSPS) is 11.7. The van der Waals surface area contributed by atoms with Crippen molar-refractivity contribution in [3.63, 3.8) is 0 Å². The number of sulfonamides is 2. The Kier molecular flexibility index (Phi) is 6.28. The number of rotatable bonds is 8. The van der Waals surface area contributed by atoms with Crippen LogP contribution in [0.1, 0.15) is 6.92 Å². The summed E-state index contributed by atoms with van der Waals surface area (Å²) in [6.07, 6.45) is 0. The Balaban J connectivity index is 1.73. The predicted octanol–water partition coefficient (Wildman–Crippen LogP) is 3.83. The van der Waals surface area contributed by atoms with Crippen molar-refractivity contribution in [2.75, 3.05) is 16.1 Å². The Labute approximate surface area is 174 Å². The van der Waals surface area contributed by atoms with E-state index in [1.165, 1.54) is 48.5 Å². The maximum absolute atomic E-state index is 13.0. The van der Waals surface area contributed by atoms with Crippen LogP contribution in [-0.4, -0.2) is 23.4 Å². The zero-order chi connectivity index (χ0) is 21.8. The quantitative estimate of drug-likeness (QED) is 0.543. The lowest BCUT2D eigenvalue weighted by Gasteiger charge is -2.11. The number of ether oxygens (including phenoxy) is 1. The van der Waals surface area contributed by atoms with E-state index in [-0.39, 0.29) is 21.2 Å². The molecule has 158 valence electrons. The standard InChI is InChI=1S/C20H19FN2O5S2/c1-2-28-18-9-13-20(14-10-18)30(26,27)23-17-7-11-19(12-8-17)29(24,25)22-16-5-3-15(21)4-6-16/h3-14,22-23H,2H2,1H3. The summed E-state index contributed by atoms with van der Waals surface area (Å²) in [5.74, 6) is 0.0711. The van der Waals surface area contributed by atoms with Gasteiger partial charge in [-0.1, -0.05) is 0 Å². The van der Waals surface area contributed by atoms with Gasteiger partial charge in [0.1, 0.15) is 11.6 Å². The highest BCUT2D eigenvalue weighted by atomic mass is 32.2. The number of hydrogen-bond donors (Lipinski definition) is 2. The summed E-state index contributed by atoms with van der Waals surface area (Å²) in [6.45, 7) is 2.29. The lowest BCUT2D eigenvalue weighted by molar-refractivity contribution is 0.340. The first-order valence-electron chi connectivity index (χ1n) is 8.84. The third kappa shape index (κ3) is 5.28. The predicted molar refractivity (Wildman–Crippen MR) is 112 cm³/mol. The minimum absolute atomic E-state index is 0.0422. The van der Waals surface area contributed by atoms with Crippen LogP contribution in [0.5, 0.6) is 5.75 Å². The SMILES string of the molecule is CCOc1ccc(S(=O)(=O)Nc2ccc(S(=O)(=O)Nc3ccc(F)cc3)cc2)cc1. The van der Waals surface area contributed by atoms with Gasteiger partial charge in [0.15, 0.2) is 0 Å².